The minimum atomic E-state index is 0.779. The van der Waals surface area contributed by atoms with Crippen LogP contribution >= 0.6 is 11.6 Å². The predicted octanol–water partition coefficient (Wildman–Crippen LogP) is 3.74. The van der Waals surface area contributed by atoms with Crippen molar-refractivity contribution in [2.75, 3.05) is 7.05 Å². The van der Waals surface area contributed by atoms with Gasteiger partial charge in [0.15, 0.2) is 0 Å². The Kier molecular flexibility index (Phi) is 4.00. The van der Waals surface area contributed by atoms with Crippen molar-refractivity contribution in [1.29, 1.82) is 0 Å². The molecule has 94 valence electrons. The zero-order valence-electron chi connectivity index (χ0n) is 10.9. The molecule has 0 aliphatic rings. The van der Waals surface area contributed by atoms with Gasteiger partial charge in [0.1, 0.15) is 0 Å². The van der Waals surface area contributed by atoms with E-state index in [0.29, 0.717) is 0 Å². The molecule has 1 aromatic heterocycles. The van der Waals surface area contributed by atoms with Crippen LogP contribution in [0, 0.1) is 13.8 Å². The second kappa shape index (κ2) is 5.51. The first-order valence-electron chi connectivity index (χ1n) is 5.97. The highest BCUT2D eigenvalue weighted by atomic mass is 35.5. The molecule has 0 saturated carbocycles. The molecule has 2 aromatic rings. The molecule has 0 bridgehead atoms. The number of aromatic nitrogens is 1. The molecule has 0 amide bonds. The number of hydrogen-bond acceptors (Lipinski definition) is 2. The van der Waals surface area contributed by atoms with E-state index in [1.54, 1.807) is 0 Å². The van der Waals surface area contributed by atoms with Gasteiger partial charge in [0.25, 0.3) is 0 Å². The zero-order chi connectivity index (χ0) is 13.1. The largest absolute Gasteiger partial charge is 0.316 e. The van der Waals surface area contributed by atoms with Crippen molar-refractivity contribution in [2.45, 2.75) is 20.4 Å². The van der Waals surface area contributed by atoms with Crippen molar-refractivity contribution < 1.29 is 0 Å². The molecule has 1 aromatic carbocycles. The molecular weight excluding hydrogens is 244 g/mol. The van der Waals surface area contributed by atoms with Crippen LogP contribution in [0.3, 0.4) is 0 Å². The lowest BCUT2D eigenvalue weighted by Crippen LogP contribution is -2.05. The van der Waals surface area contributed by atoms with Gasteiger partial charge in [-0.1, -0.05) is 11.6 Å². The number of halogens is 1. The summed E-state index contributed by atoms with van der Waals surface area (Å²) in [6.07, 6.45) is 3.73. The van der Waals surface area contributed by atoms with E-state index >= 15 is 0 Å². The summed E-state index contributed by atoms with van der Waals surface area (Å²) < 4.78 is 0. The Hall–Kier alpha value is -1.38. The van der Waals surface area contributed by atoms with Crippen molar-refractivity contribution in [1.82, 2.24) is 10.3 Å². The van der Waals surface area contributed by atoms with Gasteiger partial charge in [-0.3, -0.25) is 4.98 Å². The molecular formula is C15H17ClN2. The highest BCUT2D eigenvalue weighted by Gasteiger charge is 2.07. The molecule has 2 nitrogen and oxygen atoms in total. The summed E-state index contributed by atoms with van der Waals surface area (Å²) in [5, 5.41) is 3.90. The SMILES string of the molecule is CNCc1cncc(-c2cc(C)c(C)cc2Cl)c1. The second-order valence-corrected chi connectivity index (χ2v) is 4.94. The van der Waals surface area contributed by atoms with Gasteiger partial charge in [-0.15, -0.1) is 0 Å². The van der Waals surface area contributed by atoms with Crippen LogP contribution in [0.15, 0.2) is 30.6 Å². The third kappa shape index (κ3) is 2.71. The lowest BCUT2D eigenvalue weighted by Gasteiger charge is -2.09. The summed E-state index contributed by atoms with van der Waals surface area (Å²) in [5.74, 6) is 0. The Morgan fingerprint density at radius 3 is 2.56 bits per heavy atom. The number of benzene rings is 1. The fraction of sp³-hybridized carbons (Fsp3) is 0.267. The lowest BCUT2D eigenvalue weighted by molar-refractivity contribution is 0.813. The standard InChI is InChI=1S/C15H17ClN2/c1-10-4-14(15(16)5-11(10)2)13-6-12(7-17-3)8-18-9-13/h4-6,8-9,17H,7H2,1-3H3. The average Bonchev–Trinajstić information content (AvgIpc) is 2.34. The zero-order valence-corrected chi connectivity index (χ0v) is 11.7. The van der Waals surface area contributed by atoms with Gasteiger partial charge in [0, 0.05) is 35.1 Å². The number of pyridine rings is 1. The van der Waals surface area contributed by atoms with Gasteiger partial charge in [-0.05, 0) is 55.8 Å². The molecule has 0 fully saturated rings. The van der Waals surface area contributed by atoms with Crippen LogP contribution < -0.4 is 5.32 Å². The highest BCUT2D eigenvalue weighted by molar-refractivity contribution is 6.33. The van der Waals surface area contributed by atoms with Crippen LogP contribution in [0.1, 0.15) is 16.7 Å². The Balaban J connectivity index is 2.48. The first kappa shape index (κ1) is 13.1. The average molecular weight is 261 g/mol. The maximum atomic E-state index is 6.32. The summed E-state index contributed by atoms with van der Waals surface area (Å²) in [7, 11) is 1.93. The van der Waals surface area contributed by atoms with Crippen LogP contribution in [0.4, 0.5) is 0 Å². The third-order valence-electron chi connectivity index (χ3n) is 3.07. The minimum Gasteiger partial charge on any atom is -0.316 e. The van der Waals surface area contributed by atoms with Crippen LogP contribution in [-0.2, 0) is 6.54 Å². The summed E-state index contributed by atoms with van der Waals surface area (Å²) in [5.41, 5.74) is 5.72. The van der Waals surface area contributed by atoms with Crippen molar-refractivity contribution in [3.05, 3.63) is 52.3 Å². The molecule has 2 rings (SSSR count). The molecule has 1 N–H and O–H groups in total. The fourth-order valence-electron chi connectivity index (χ4n) is 1.94. The van der Waals surface area contributed by atoms with Crippen LogP contribution in [0.2, 0.25) is 5.02 Å². The normalized spacial score (nSPS) is 10.7. The van der Waals surface area contributed by atoms with Crippen molar-refractivity contribution >= 4 is 11.6 Å². The van der Waals surface area contributed by atoms with E-state index in [-0.39, 0.29) is 0 Å². The Labute approximate surface area is 113 Å². The van der Waals surface area contributed by atoms with Crippen LogP contribution in [0.5, 0.6) is 0 Å². The number of aryl methyl sites for hydroxylation is 2. The Morgan fingerprint density at radius 1 is 1.11 bits per heavy atom. The first-order chi connectivity index (χ1) is 8.61. The van der Waals surface area contributed by atoms with Gasteiger partial charge in [0.2, 0.25) is 0 Å². The van der Waals surface area contributed by atoms with E-state index in [9.17, 15) is 0 Å². The maximum absolute atomic E-state index is 6.32. The molecule has 0 saturated heterocycles. The molecule has 0 unspecified atom stereocenters. The topological polar surface area (TPSA) is 24.9 Å². The summed E-state index contributed by atoms with van der Waals surface area (Å²) in [6, 6.07) is 6.26. The molecule has 0 radical (unpaired) electrons. The number of hydrogen-bond donors (Lipinski definition) is 1. The lowest BCUT2D eigenvalue weighted by atomic mass is 10.0. The summed E-state index contributed by atoms with van der Waals surface area (Å²) in [4.78, 5) is 4.27. The number of rotatable bonds is 3. The number of nitrogens with zero attached hydrogens (tertiary/aromatic N) is 1. The molecule has 0 aliphatic heterocycles. The minimum absolute atomic E-state index is 0.779. The second-order valence-electron chi connectivity index (χ2n) is 4.53. The van der Waals surface area contributed by atoms with Crippen LogP contribution in [-0.4, -0.2) is 12.0 Å². The third-order valence-corrected chi connectivity index (χ3v) is 3.38. The van der Waals surface area contributed by atoms with Gasteiger partial charge in [-0.2, -0.15) is 0 Å². The van der Waals surface area contributed by atoms with E-state index in [1.165, 1.54) is 11.1 Å². The van der Waals surface area contributed by atoms with Gasteiger partial charge in [-0.25, -0.2) is 0 Å². The van der Waals surface area contributed by atoms with E-state index in [1.807, 2.05) is 25.5 Å². The smallest absolute Gasteiger partial charge is 0.0487 e. The fourth-order valence-corrected chi connectivity index (χ4v) is 2.27. The Bertz CT molecular complexity index is 564. The maximum Gasteiger partial charge on any atom is 0.0487 e. The summed E-state index contributed by atoms with van der Waals surface area (Å²) >= 11 is 6.32. The molecule has 0 aliphatic carbocycles. The molecule has 1 heterocycles. The highest BCUT2D eigenvalue weighted by Crippen LogP contribution is 2.30. The van der Waals surface area contributed by atoms with Crippen molar-refractivity contribution in [3.8, 4) is 11.1 Å². The van der Waals surface area contributed by atoms with E-state index < -0.39 is 0 Å². The first-order valence-corrected chi connectivity index (χ1v) is 6.35. The van der Waals surface area contributed by atoms with Gasteiger partial charge >= 0.3 is 0 Å². The Morgan fingerprint density at radius 2 is 1.83 bits per heavy atom. The van der Waals surface area contributed by atoms with Crippen molar-refractivity contribution in [2.24, 2.45) is 0 Å². The monoisotopic (exact) mass is 260 g/mol. The van der Waals surface area contributed by atoms with E-state index in [0.717, 1.165) is 28.3 Å². The quantitative estimate of drug-likeness (QED) is 0.909. The predicted molar refractivity (Wildman–Crippen MR) is 76.9 cm³/mol. The molecule has 0 spiro atoms. The number of nitrogens with one attached hydrogen (secondary N) is 1. The van der Waals surface area contributed by atoms with Gasteiger partial charge < -0.3 is 5.32 Å². The van der Waals surface area contributed by atoms with Crippen LogP contribution in [0.25, 0.3) is 11.1 Å². The molecule has 3 heteroatoms. The van der Waals surface area contributed by atoms with E-state index in [2.05, 4.69) is 36.3 Å². The summed E-state index contributed by atoms with van der Waals surface area (Å²) in [6.45, 7) is 4.98. The van der Waals surface area contributed by atoms with Crippen molar-refractivity contribution in [3.63, 3.8) is 0 Å². The van der Waals surface area contributed by atoms with Gasteiger partial charge in [0.05, 0.1) is 0 Å². The molecule has 0 atom stereocenters. The van der Waals surface area contributed by atoms with E-state index in [4.69, 9.17) is 11.6 Å². The molecule has 18 heavy (non-hydrogen) atoms.